The summed E-state index contributed by atoms with van der Waals surface area (Å²) < 4.78 is 1.97. The van der Waals surface area contributed by atoms with Gasteiger partial charge in [0.1, 0.15) is 27.7 Å². The van der Waals surface area contributed by atoms with Crippen LogP contribution in [0.1, 0.15) is 40.9 Å². The van der Waals surface area contributed by atoms with Crippen LogP contribution in [0.5, 0.6) is 0 Å². The Labute approximate surface area is 143 Å². The fourth-order valence-electron chi connectivity index (χ4n) is 2.74. The molecule has 1 atom stereocenters. The van der Waals surface area contributed by atoms with Gasteiger partial charge in [-0.3, -0.25) is 0 Å². The molecule has 0 aromatic carbocycles. The van der Waals surface area contributed by atoms with Gasteiger partial charge >= 0.3 is 5.97 Å². The van der Waals surface area contributed by atoms with E-state index < -0.39 is 5.97 Å². The summed E-state index contributed by atoms with van der Waals surface area (Å²) in [5, 5.41) is 13.5. The predicted octanol–water partition coefficient (Wildman–Crippen LogP) is 3.24. The number of carboxylic acid groups (broad SMARTS) is 1. The highest BCUT2D eigenvalue weighted by Gasteiger charge is 2.24. The third-order valence-electron chi connectivity index (χ3n) is 4.02. The van der Waals surface area contributed by atoms with E-state index >= 15 is 0 Å². The lowest BCUT2D eigenvalue weighted by Gasteiger charge is -2.23. The molecule has 3 rings (SSSR count). The summed E-state index contributed by atoms with van der Waals surface area (Å²) >= 11 is 1.17. The van der Waals surface area contributed by atoms with Gasteiger partial charge < -0.3 is 15.0 Å². The van der Waals surface area contributed by atoms with Crippen molar-refractivity contribution in [1.29, 1.82) is 0 Å². The molecular weight excluding hydrogens is 326 g/mol. The highest BCUT2D eigenvalue weighted by atomic mass is 32.1. The molecule has 0 saturated heterocycles. The number of carboxylic acids is 1. The SMILES string of the molecule is Cc1c(C(=O)O)sc2ncnc(N[C@H](c3nccn3C)C(C)C)c12. The van der Waals surface area contributed by atoms with E-state index in [1.807, 2.05) is 17.8 Å². The van der Waals surface area contributed by atoms with Gasteiger partial charge in [0, 0.05) is 19.4 Å². The van der Waals surface area contributed by atoms with Gasteiger partial charge in [0.25, 0.3) is 0 Å². The van der Waals surface area contributed by atoms with Crippen molar-refractivity contribution in [1.82, 2.24) is 19.5 Å². The number of anilines is 1. The number of hydrogen-bond donors (Lipinski definition) is 2. The molecule has 0 spiro atoms. The van der Waals surface area contributed by atoms with Crippen LogP contribution in [0.4, 0.5) is 5.82 Å². The number of nitrogens with zero attached hydrogens (tertiary/aromatic N) is 4. The van der Waals surface area contributed by atoms with E-state index in [1.165, 1.54) is 17.7 Å². The topological polar surface area (TPSA) is 92.9 Å². The summed E-state index contributed by atoms with van der Waals surface area (Å²) in [4.78, 5) is 25.4. The van der Waals surface area contributed by atoms with Crippen LogP contribution in [0.25, 0.3) is 10.2 Å². The summed E-state index contributed by atoms with van der Waals surface area (Å²) in [5.41, 5.74) is 0.688. The van der Waals surface area contributed by atoms with E-state index in [9.17, 15) is 9.90 Å². The third-order valence-corrected chi connectivity index (χ3v) is 5.20. The molecule has 0 aliphatic rings. The molecule has 2 N–H and O–H groups in total. The number of aromatic carboxylic acids is 1. The highest BCUT2D eigenvalue weighted by molar-refractivity contribution is 7.20. The molecule has 0 unspecified atom stereocenters. The first-order chi connectivity index (χ1) is 11.4. The zero-order valence-electron chi connectivity index (χ0n) is 13.9. The van der Waals surface area contributed by atoms with Crippen LogP contribution in [0.3, 0.4) is 0 Å². The van der Waals surface area contributed by atoms with Gasteiger partial charge in [0.2, 0.25) is 0 Å². The van der Waals surface area contributed by atoms with Crippen molar-refractivity contribution < 1.29 is 9.90 Å². The first-order valence-corrected chi connectivity index (χ1v) is 8.43. The maximum Gasteiger partial charge on any atom is 0.346 e. The van der Waals surface area contributed by atoms with E-state index in [-0.39, 0.29) is 12.0 Å². The monoisotopic (exact) mass is 345 g/mol. The Kier molecular flexibility index (Phi) is 4.23. The van der Waals surface area contributed by atoms with Crippen LogP contribution >= 0.6 is 11.3 Å². The number of hydrogen-bond acceptors (Lipinski definition) is 6. The lowest BCUT2D eigenvalue weighted by molar-refractivity contribution is 0.0701. The normalized spacial score (nSPS) is 12.7. The van der Waals surface area contributed by atoms with E-state index in [0.29, 0.717) is 21.1 Å². The predicted molar refractivity (Wildman–Crippen MR) is 93.5 cm³/mol. The zero-order valence-corrected chi connectivity index (χ0v) is 14.8. The smallest absolute Gasteiger partial charge is 0.346 e. The van der Waals surface area contributed by atoms with Crippen molar-refractivity contribution in [2.75, 3.05) is 5.32 Å². The van der Waals surface area contributed by atoms with Crippen LogP contribution in [0.15, 0.2) is 18.7 Å². The number of fused-ring (bicyclic) bond motifs is 1. The molecular formula is C16H19N5O2S. The second-order valence-electron chi connectivity index (χ2n) is 6.03. The number of thiophene rings is 1. The number of carbonyl (C=O) groups is 1. The Morgan fingerprint density at radius 3 is 2.67 bits per heavy atom. The van der Waals surface area contributed by atoms with Crippen LogP contribution < -0.4 is 5.32 Å². The molecule has 0 bridgehead atoms. The Balaban J connectivity index is 2.09. The molecule has 126 valence electrons. The lowest BCUT2D eigenvalue weighted by Crippen LogP contribution is -2.21. The minimum Gasteiger partial charge on any atom is -0.477 e. The lowest BCUT2D eigenvalue weighted by atomic mass is 10.0. The summed E-state index contributed by atoms with van der Waals surface area (Å²) in [6, 6.07) is -0.0457. The van der Waals surface area contributed by atoms with E-state index in [1.54, 1.807) is 13.1 Å². The summed E-state index contributed by atoms with van der Waals surface area (Å²) in [5.74, 6) is 0.881. The first-order valence-electron chi connectivity index (χ1n) is 7.61. The van der Waals surface area contributed by atoms with Gasteiger partial charge in [-0.05, 0) is 18.4 Å². The minimum absolute atomic E-state index is 0.0457. The molecule has 0 saturated carbocycles. The number of aromatic nitrogens is 4. The number of imidazole rings is 1. The van der Waals surface area contributed by atoms with Crippen LogP contribution in [0, 0.1) is 12.8 Å². The van der Waals surface area contributed by atoms with Crippen molar-refractivity contribution >= 4 is 33.3 Å². The molecule has 0 amide bonds. The van der Waals surface area contributed by atoms with Gasteiger partial charge in [-0.25, -0.2) is 19.7 Å². The van der Waals surface area contributed by atoms with Crippen molar-refractivity contribution in [3.8, 4) is 0 Å². The molecule has 24 heavy (non-hydrogen) atoms. The average Bonchev–Trinajstić information content (AvgIpc) is 3.09. The van der Waals surface area contributed by atoms with Crippen LogP contribution in [-0.4, -0.2) is 30.6 Å². The van der Waals surface area contributed by atoms with Gasteiger partial charge in [0.05, 0.1) is 11.4 Å². The Hall–Kier alpha value is -2.48. The summed E-state index contributed by atoms with van der Waals surface area (Å²) in [7, 11) is 1.95. The maximum absolute atomic E-state index is 11.4. The highest BCUT2D eigenvalue weighted by Crippen LogP contribution is 2.35. The second-order valence-corrected chi connectivity index (χ2v) is 7.03. The fraction of sp³-hybridized carbons (Fsp3) is 0.375. The summed E-state index contributed by atoms with van der Waals surface area (Å²) in [6.45, 7) is 6.00. The molecule has 7 nitrogen and oxygen atoms in total. The van der Waals surface area contributed by atoms with Gasteiger partial charge in [-0.2, -0.15) is 0 Å². The molecule has 8 heteroatoms. The Morgan fingerprint density at radius 2 is 2.08 bits per heavy atom. The molecule has 3 aromatic rings. The van der Waals surface area contributed by atoms with Gasteiger partial charge in [-0.1, -0.05) is 13.8 Å². The average molecular weight is 345 g/mol. The molecule has 0 fully saturated rings. The number of aryl methyl sites for hydroxylation is 2. The number of rotatable bonds is 5. The minimum atomic E-state index is -0.939. The van der Waals surface area contributed by atoms with Crippen LogP contribution in [-0.2, 0) is 7.05 Å². The largest absolute Gasteiger partial charge is 0.477 e. The van der Waals surface area contributed by atoms with Crippen molar-refractivity contribution in [3.63, 3.8) is 0 Å². The first kappa shape index (κ1) is 16.4. The molecule has 3 heterocycles. The van der Waals surface area contributed by atoms with E-state index in [4.69, 9.17) is 0 Å². The Morgan fingerprint density at radius 1 is 1.33 bits per heavy atom. The van der Waals surface area contributed by atoms with Crippen molar-refractivity contribution in [2.24, 2.45) is 13.0 Å². The summed E-state index contributed by atoms with van der Waals surface area (Å²) in [6.07, 6.45) is 5.13. The number of nitrogens with one attached hydrogen (secondary N) is 1. The van der Waals surface area contributed by atoms with Gasteiger partial charge in [0.15, 0.2) is 0 Å². The fourth-order valence-corrected chi connectivity index (χ4v) is 3.73. The quantitative estimate of drug-likeness (QED) is 0.737. The van der Waals surface area contributed by atoms with Crippen molar-refractivity contribution in [2.45, 2.75) is 26.8 Å². The standard InChI is InChI=1S/C16H19N5O2S/c1-8(2)11(14-17-5-6-21(14)4)20-13-10-9(3)12(16(22)23)24-15(10)19-7-18-13/h5-8,11H,1-4H3,(H,22,23)(H,18,19,20)/t11-/m0/s1. The molecule has 0 radical (unpaired) electrons. The zero-order chi connectivity index (χ0) is 17.4. The van der Waals surface area contributed by atoms with E-state index in [0.717, 1.165) is 11.2 Å². The molecule has 0 aliphatic carbocycles. The maximum atomic E-state index is 11.4. The van der Waals surface area contributed by atoms with Gasteiger partial charge in [-0.15, -0.1) is 11.3 Å². The van der Waals surface area contributed by atoms with Crippen LogP contribution in [0.2, 0.25) is 0 Å². The molecule has 3 aromatic heterocycles. The second kappa shape index (κ2) is 6.20. The molecule has 0 aliphatic heterocycles. The van der Waals surface area contributed by atoms with Crippen molar-refractivity contribution in [3.05, 3.63) is 35.0 Å². The third kappa shape index (κ3) is 2.73. The Bertz CT molecular complexity index is 899. The van der Waals surface area contributed by atoms with E-state index in [2.05, 4.69) is 34.1 Å².